The van der Waals surface area contributed by atoms with E-state index in [2.05, 4.69) is 4.90 Å². The molecule has 2 bridgehead atoms. The van der Waals surface area contributed by atoms with Crippen LogP contribution < -0.4 is 15.4 Å². The summed E-state index contributed by atoms with van der Waals surface area (Å²) in [4.78, 5) is 43.3. The largest absolute Gasteiger partial charge is 0.368 e. The van der Waals surface area contributed by atoms with Crippen molar-refractivity contribution in [3.8, 4) is 0 Å². The molecule has 9 nitrogen and oxygen atoms in total. The fraction of sp³-hybridized carbons (Fsp3) is 0.357. The van der Waals surface area contributed by atoms with E-state index in [9.17, 15) is 24.1 Å². The van der Waals surface area contributed by atoms with Crippen molar-refractivity contribution >= 4 is 23.0 Å². The normalized spacial score (nSPS) is 20.7. The lowest BCUT2D eigenvalue weighted by Crippen LogP contribution is -2.49. The van der Waals surface area contributed by atoms with E-state index in [1.54, 1.807) is 41.3 Å². The summed E-state index contributed by atoms with van der Waals surface area (Å²) in [6, 6.07) is 16.4. The van der Waals surface area contributed by atoms with Crippen molar-refractivity contribution in [2.75, 3.05) is 49.1 Å². The number of hydrogen-bond donors (Lipinski definition) is 0. The average molecular weight is 518 g/mol. The monoisotopic (exact) mass is 517 g/mol. The molecule has 2 saturated heterocycles. The first-order chi connectivity index (χ1) is 18.4. The Balaban J connectivity index is 1.19. The van der Waals surface area contributed by atoms with Crippen molar-refractivity contribution in [1.82, 2.24) is 9.47 Å². The molecular formula is C28H28FN5O4. The van der Waals surface area contributed by atoms with Crippen molar-refractivity contribution in [2.24, 2.45) is 5.92 Å². The molecule has 2 aromatic carbocycles. The quantitative estimate of drug-likeness (QED) is 0.389. The first-order valence-electron chi connectivity index (χ1n) is 12.9. The Labute approximate surface area is 218 Å². The molecule has 38 heavy (non-hydrogen) atoms. The van der Waals surface area contributed by atoms with Crippen molar-refractivity contribution < 1.29 is 14.1 Å². The number of fused-ring (bicyclic) bond motifs is 4. The lowest BCUT2D eigenvalue weighted by atomic mass is 9.83. The molecule has 1 amide bonds. The highest BCUT2D eigenvalue weighted by atomic mass is 19.1. The summed E-state index contributed by atoms with van der Waals surface area (Å²) in [5, 5.41) is 12.0. The average Bonchev–Trinajstić information content (AvgIpc) is 2.93. The molecule has 3 aliphatic rings. The molecular weight excluding hydrogens is 489 g/mol. The minimum Gasteiger partial charge on any atom is -0.368 e. The fourth-order valence-corrected chi connectivity index (χ4v) is 6.17. The van der Waals surface area contributed by atoms with Crippen molar-refractivity contribution in [3.63, 3.8) is 0 Å². The van der Waals surface area contributed by atoms with Crippen LogP contribution in [-0.2, 0) is 6.54 Å². The molecule has 0 spiro atoms. The molecule has 2 atom stereocenters. The van der Waals surface area contributed by atoms with E-state index >= 15 is 0 Å². The minimum absolute atomic E-state index is 0.0123. The molecule has 1 aromatic heterocycles. The van der Waals surface area contributed by atoms with Crippen LogP contribution in [0.3, 0.4) is 0 Å². The van der Waals surface area contributed by atoms with E-state index in [0.717, 1.165) is 17.8 Å². The smallest absolute Gasteiger partial charge is 0.293 e. The lowest BCUT2D eigenvalue weighted by Gasteiger charge is -2.42. The third kappa shape index (κ3) is 4.40. The number of aromatic nitrogens is 1. The van der Waals surface area contributed by atoms with Gasteiger partial charge in [-0.3, -0.25) is 19.7 Å². The number of carbonyl (C=O) groups is 1. The second-order valence-corrected chi connectivity index (χ2v) is 10.3. The Morgan fingerprint density at radius 1 is 0.921 bits per heavy atom. The zero-order chi connectivity index (χ0) is 26.4. The van der Waals surface area contributed by atoms with Gasteiger partial charge in [-0.1, -0.05) is 6.07 Å². The van der Waals surface area contributed by atoms with Crippen molar-refractivity contribution in [1.29, 1.82) is 0 Å². The molecule has 196 valence electrons. The van der Waals surface area contributed by atoms with Gasteiger partial charge in [0.05, 0.1) is 4.92 Å². The summed E-state index contributed by atoms with van der Waals surface area (Å²) in [5.74, 6) is -0.253. The van der Waals surface area contributed by atoms with Gasteiger partial charge in [0, 0.05) is 80.8 Å². The predicted molar refractivity (Wildman–Crippen MR) is 141 cm³/mol. The van der Waals surface area contributed by atoms with Gasteiger partial charge in [0.1, 0.15) is 11.5 Å². The third-order valence-electron chi connectivity index (χ3n) is 8.00. The van der Waals surface area contributed by atoms with E-state index in [1.807, 2.05) is 15.5 Å². The highest BCUT2D eigenvalue weighted by Gasteiger charge is 2.37. The Morgan fingerprint density at radius 2 is 1.66 bits per heavy atom. The third-order valence-corrected chi connectivity index (χ3v) is 8.00. The van der Waals surface area contributed by atoms with Crippen LogP contribution in [-0.4, -0.2) is 59.6 Å². The number of pyridine rings is 1. The molecule has 3 aliphatic heterocycles. The van der Waals surface area contributed by atoms with E-state index in [0.29, 0.717) is 57.1 Å². The standard InChI is InChI=1S/C28H28FN5O4/c29-22-5-7-23(8-6-22)30-10-12-31(13-11-30)25-9-4-20(15-26(25)34(37)38)28(36)32-16-19-14-21(18-32)24-2-1-3-27(35)33(24)17-19/h1-9,15,19,21H,10-14,16-18H2. The summed E-state index contributed by atoms with van der Waals surface area (Å²) in [6.45, 7) is 4.02. The van der Waals surface area contributed by atoms with E-state index in [4.69, 9.17) is 0 Å². The number of hydrogen-bond acceptors (Lipinski definition) is 6. The van der Waals surface area contributed by atoms with Crippen LogP contribution in [0.1, 0.15) is 28.4 Å². The van der Waals surface area contributed by atoms with E-state index < -0.39 is 4.92 Å². The Hall–Kier alpha value is -4.21. The van der Waals surface area contributed by atoms with Crippen LogP contribution in [0, 0.1) is 21.8 Å². The zero-order valence-corrected chi connectivity index (χ0v) is 20.8. The maximum absolute atomic E-state index is 13.5. The molecule has 0 N–H and O–H groups in total. The number of piperidine rings is 1. The van der Waals surface area contributed by atoms with Gasteiger partial charge in [-0.25, -0.2) is 4.39 Å². The first-order valence-corrected chi connectivity index (χ1v) is 12.9. The lowest BCUT2D eigenvalue weighted by molar-refractivity contribution is -0.384. The molecule has 2 unspecified atom stereocenters. The number of amides is 1. The van der Waals surface area contributed by atoms with Crippen LogP contribution in [0.2, 0.25) is 0 Å². The zero-order valence-electron chi connectivity index (χ0n) is 20.8. The Bertz CT molecular complexity index is 1450. The molecule has 0 radical (unpaired) electrons. The molecule has 0 aliphatic carbocycles. The number of anilines is 2. The van der Waals surface area contributed by atoms with Crippen LogP contribution >= 0.6 is 0 Å². The number of nitrogens with zero attached hydrogens (tertiary/aromatic N) is 5. The van der Waals surface area contributed by atoms with Gasteiger partial charge in [0.25, 0.3) is 17.2 Å². The second-order valence-electron chi connectivity index (χ2n) is 10.3. The second kappa shape index (κ2) is 9.59. The van der Waals surface area contributed by atoms with Gasteiger partial charge in [0.15, 0.2) is 0 Å². The van der Waals surface area contributed by atoms with Gasteiger partial charge in [-0.05, 0) is 54.8 Å². The van der Waals surface area contributed by atoms with Crippen LogP contribution in [0.15, 0.2) is 65.5 Å². The number of benzene rings is 2. The molecule has 0 saturated carbocycles. The molecule has 6 rings (SSSR count). The fourth-order valence-electron chi connectivity index (χ4n) is 6.17. The Morgan fingerprint density at radius 3 is 2.39 bits per heavy atom. The summed E-state index contributed by atoms with van der Waals surface area (Å²) in [5.41, 5.74) is 2.57. The predicted octanol–water partition coefficient (Wildman–Crippen LogP) is 3.48. The highest BCUT2D eigenvalue weighted by molar-refractivity contribution is 5.96. The maximum atomic E-state index is 13.5. The SMILES string of the molecule is O=C(c1ccc(N2CCN(c3ccc(F)cc3)CC2)c([N+](=O)[O-])c1)N1CC2CC(C1)c1cccc(=O)n1C2. The number of carbonyl (C=O) groups excluding carboxylic acids is 1. The van der Waals surface area contributed by atoms with Gasteiger partial charge in [-0.2, -0.15) is 0 Å². The number of likely N-dealkylation sites (tertiary alicyclic amines) is 1. The molecule has 2 fully saturated rings. The number of rotatable bonds is 4. The van der Waals surface area contributed by atoms with Gasteiger partial charge in [-0.15, -0.1) is 0 Å². The number of nitro benzene ring substituents is 1. The molecule has 3 aromatic rings. The molecule has 4 heterocycles. The Kier molecular flexibility index (Phi) is 6.09. The maximum Gasteiger partial charge on any atom is 0.293 e. The minimum atomic E-state index is -0.425. The number of piperazine rings is 1. The van der Waals surface area contributed by atoms with Crippen LogP contribution in [0.25, 0.3) is 0 Å². The summed E-state index contributed by atoms with van der Waals surface area (Å²) < 4.78 is 15.1. The first kappa shape index (κ1) is 24.1. The van der Waals surface area contributed by atoms with Crippen molar-refractivity contribution in [2.45, 2.75) is 18.9 Å². The number of halogens is 1. The summed E-state index contributed by atoms with van der Waals surface area (Å²) in [6.07, 6.45) is 0.927. The topological polar surface area (TPSA) is 91.9 Å². The summed E-state index contributed by atoms with van der Waals surface area (Å²) in [7, 11) is 0. The van der Waals surface area contributed by atoms with Crippen LogP contribution in [0.5, 0.6) is 0 Å². The van der Waals surface area contributed by atoms with Crippen molar-refractivity contribution in [3.05, 3.63) is 98.2 Å². The van der Waals surface area contributed by atoms with Crippen LogP contribution in [0.4, 0.5) is 21.5 Å². The van der Waals surface area contributed by atoms with E-state index in [1.165, 1.54) is 18.2 Å². The van der Waals surface area contributed by atoms with Gasteiger partial charge >= 0.3 is 0 Å². The summed E-state index contributed by atoms with van der Waals surface area (Å²) >= 11 is 0. The van der Waals surface area contributed by atoms with E-state index in [-0.39, 0.29) is 34.8 Å². The number of nitro groups is 1. The highest BCUT2D eigenvalue weighted by Crippen LogP contribution is 2.36. The molecule has 10 heteroatoms. The van der Waals surface area contributed by atoms with Gasteiger partial charge in [0.2, 0.25) is 0 Å². The van der Waals surface area contributed by atoms with Gasteiger partial charge < -0.3 is 19.3 Å².